The van der Waals surface area contributed by atoms with Crippen LogP contribution in [0.5, 0.6) is 0 Å². The number of nitrogens with zero attached hydrogens (tertiary/aromatic N) is 1. The summed E-state index contributed by atoms with van der Waals surface area (Å²) >= 11 is 0. The highest BCUT2D eigenvalue weighted by atomic mass is 16.2. The lowest BCUT2D eigenvalue weighted by Gasteiger charge is -2.28. The Morgan fingerprint density at radius 2 is 1.73 bits per heavy atom. The van der Waals surface area contributed by atoms with Crippen LogP contribution in [0.3, 0.4) is 0 Å². The Bertz CT molecular complexity index is 934. The van der Waals surface area contributed by atoms with Crippen molar-refractivity contribution in [2.75, 3.05) is 13.1 Å². The number of fused-ring (bicyclic) bond motifs is 2. The molecule has 26 heavy (non-hydrogen) atoms. The molecule has 3 heteroatoms. The maximum atomic E-state index is 12.5. The molecular weight excluding hydrogens is 320 g/mol. The molecular formula is C23H24N2O. The third-order valence-corrected chi connectivity index (χ3v) is 5.23. The smallest absolute Gasteiger partial charge is 0.234 e. The van der Waals surface area contributed by atoms with Gasteiger partial charge in [-0.3, -0.25) is 9.69 Å². The molecule has 132 valence electrons. The van der Waals surface area contributed by atoms with Crippen LogP contribution < -0.4 is 5.32 Å². The fraction of sp³-hybridized carbons (Fsp3) is 0.261. The molecule has 0 aliphatic carbocycles. The highest BCUT2D eigenvalue weighted by molar-refractivity contribution is 5.83. The first kappa shape index (κ1) is 16.8. The van der Waals surface area contributed by atoms with E-state index < -0.39 is 0 Å². The van der Waals surface area contributed by atoms with Crippen molar-refractivity contribution in [3.8, 4) is 0 Å². The first-order valence-corrected chi connectivity index (χ1v) is 9.26. The maximum Gasteiger partial charge on any atom is 0.234 e. The summed E-state index contributed by atoms with van der Waals surface area (Å²) in [5.41, 5.74) is 3.89. The highest BCUT2D eigenvalue weighted by Crippen LogP contribution is 2.21. The molecule has 0 saturated heterocycles. The number of nitrogens with one attached hydrogen (secondary N) is 1. The summed E-state index contributed by atoms with van der Waals surface area (Å²) in [6, 6.07) is 23.2. The number of amides is 1. The van der Waals surface area contributed by atoms with Crippen molar-refractivity contribution in [3.05, 3.63) is 83.4 Å². The van der Waals surface area contributed by atoms with Crippen LogP contribution >= 0.6 is 0 Å². The lowest BCUT2D eigenvalue weighted by atomic mass is 10.00. The second-order valence-corrected chi connectivity index (χ2v) is 7.13. The second-order valence-electron chi connectivity index (χ2n) is 7.13. The van der Waals surface area contributed by atoms with Gasteiger partial charge in [-0.25, -0.2) is 0 Å². The largest absolute Gasteiger partial charge is 0.348 e. The molecule has 0 radical (unpaired) electrons. The summed E-state index contributed by atoms with van der Waals surface area (Å²) in [6.07, 6.45) is 1.02. The second kappa shape index (κ2) is 7.30. The summed E-state index contributed by atoms with van der Waals surface area (Å²) in [5.74, 6) is 0.0880. The Morgan fingerprint density at radius 3 is 2.58 bits per heavy atom. The number of benzene rings is 3. The van der Waals surface area contributed by atoms with Gasteiger partial charge in [0.15, 0.2) is 0 Å². The van der Waals surface area contributed by atoms with Crippen LogP contribution in [-0.4, -0.2) is 23.9 Å². The highest BCUT2D eigenvalue weighted by Gasteiger charge is 2.19. The molecule has 1 N–H and O–H groups in total. The van der Waals surface area contributed by atoms with E-state index in [9.17, 15) is 4.79 Å². The van der Waals surface area contributed by atoms with E-state index in [2.05, 4.69) is 64.8 Å². The molecule has 1 aliphatic rings. The number of rotatable bonds is 4. The van der Waals surface area contributed by atoms with Crippen LogP contribution in [0.2, 0.25) is 0 Å². The molecule has 1 heterocycles. The third kappa shape index (κ3) is 3.63. The first-order chi connectivity index (χ1) is 12.7. The van der Waals surface area contributed by atoms with E-state index in [0.717, 1.165) is 25.1 Å². The summed E-state index contributed by atoms with van der Waals surface area (Å²) in [4.78, 5) is 14.7. The summed E-state index contributed by atoms with van der Waals surface area (Å²) < 4.78 is 0. The van der Waals surface area contributed by atoms with Crippen molar-refractivity contribution in [1.82, 2.24) is 10.2 Å². The molecule has 3 aromatic carbocycles. The van der Waals surface area contributed by atoms with Crippen LogP contribution in [0.15, 0.2) is 66.7 Å². The Hall–Kier alpha value is -2.65. The van der Waals surface area contributed by atoms with Gasteiger partial charge in [0.2, 0.25) is 5.91 Å². The minimum absolute atomic E-state index is 0.00387. The average Bonchev–Trinajstić information content (AvgIpc) is 2.67. The van der Waals surface area contributed by atoms with Gasteiger partial charge in [0, 0.05) is 13.1 Å². The number of carbonyl (C=O) groups is 1. The minimum Gasteiger partial charge on any atom is -0.348 e. The SMILES string of the molecule is C[C@@H](NC(=O)CN1CCc2ccccc2C1)c1ccc2ccccc2c1. The van der Waals surface area contributed by atoms with Gasteiger partial charge >= 0.3 is 0 Å². The van der Waals surface area contributed by atoms with Gasteiger partial charge < -0.3 is 5.32 Å². The molecule has 0 spiro atoms. The fourth-order valence-corrected chi connectivity index (χ4v) is 3.74. The van der Waals surface area contributed by atoms with E-state index in [0.29, 0.717) is 6.54 Å². The Balaban J connectivity index is 1.38. The number of hydrogen-bond acceptors (Lipinski definition) is 2. The molecule has 1 amide bonds. The molecule has 0 unspecified atom stereocenters. The molecule has 3 aromatic rings. The maximum absolute atomic E-state index is 12.5. The quantitative estimate of drug-likeness (QED) is 0.774. The summed E-state index contributed by atoms with van der Waals surface area (Å²) in [5, 5.41) is 5.58. The van der Waals surface area contributed by atoms with E-state index in [4.69, 9.17) is 0 Å². The Labute approximate surface area is 154 Å². The zero-order chi connectivity index (χ0) is 17.9. The molecule has 3 nitrogen and oxygen atoms in total. The molecule has 4 rings (SSSR count). The zero-order valence-electron chi connectivity index (χ0n) is 15.1. The van der Waals surface area contributed by atoms with Crippen LogP contribution in [-0.2, 0) is 17.8 Å². The summed E-state index contributed by atoms with van der Waals surface area (Å²) in [7, 11) is 0. The Morgan fingerprint density at radius 1 is 1.00 bits per heavy atom. The van der Waals surface area contributed by atoms with Crippen molar-refractivity contribution < 1.29 is 4.79 Å². The molecule has 0 saturated carbocycles. The molecule has 0 fully saturated rings. The van der Waals surface area contributed by atoms with Gasteiger partial charge in [-0.2, -0.15) is 0 Å². The normalized spacial score (nSPS) is 15.4. The van der Waals surface area contributed by atoms with Crippen molar-refractivity contribution in [2.45, 2.75) is 25.9 Å². The fourth-order valence-electron chi connectivity index (χ4n) is 3.74. The van der Waals surface area contributed by atoms with Gasteiger partial charge in [0.25, 0.3) is 0 Å². The van der Waals surface area contributed by atoms with E-state index >= 15 is 0 Å². The predicted molar refractivity (Wildman–Crippen MR) is 106 cm³/mol. The van der Waals surface area contributed by atoms with Crippen LogP contribution in [0, 0.1) is 0 Å². The van der Waals surface area contributed by atoms with Gasteiger partial charge in [-0.1, -0.05) is 60.7 Å². The molecule has 0 aromatic heterocycles. The van der Waals surface area contributed by atoms with E-state index in [1.54, 1.807) is 0 Å². The standard InChI is InChI=1S/C23H24N2O/c1-17(20-11-10-18-6-2-4-8-21(18)14-20)24-23(26)16-25-13-12-19-7-3-5-9-22(19)15-25/h2-11,14,17H,12-13,15-16H2,1H3,(H,24,26)/t17-/m1/s1. The molecule has 1 atom stereocenters. The number of hydrogen-bond donors (Lipinski definition) is 1. The number of carbonyl (C=O) groups excluding carboxylic acids is 1. The van der Waals surface area contributed by atoms with Gasteiger partial charge in [-0.05, 0) is 46.9 Å². The van der Waals surface area contributed by atoms with Gasteiger partial charge in [-0.15, -0.1) is 0 Å². The van der Waals surface area contributed by atoms with E-state index in [1.165, 1.54) is 21.9 Å². The average molecular weight is 344 g/mol. The first-order valence-electron chi connectivity index (χ1n) is 9.26. The lowest BCUT2D eigenvalue weighted by Crippen LogP contribution is -2.40. The molecule has 0 bridgehead atoms. The van der Waals surface area contributed by atoms with Crippen LogP contribution in [0.25, 0.3) is 10.8 Å². The van der Waals surface area contributed by atoms with Crippen molar-refractivity contribution >= 4 is 16.7 Å². The van der Waals surface area contributed by atoms with E-state index in [-0.39, 0.29) is 11.9 Å². The zero-order valence-corrected chi connectivity index (χ0v) is 15.1. The van der Waals surface area contributed by atoms with Gasteiger partial charge in [0.1, 0.15) is 0 Å². The lowest BCUT2D eigenvalue weighted by molar-refractivity contribution is -0.123. The van der Waals surface area contributed by atoms with E-state index in [1.807, 2.05) is 19.1 Å². The monoisotopic (exact) mass is 344 g/mol. The van der Waals surface area contributed by atoms with Crippen LogP contribution in [0.4, 0.5) is 0 Å². The predicted octanol–water partition coefficient (Wildman–Crippen LogP) is 4.08. The third-order valence-electron chi connectivity index (χ3n) is 5.23. The Kier molecular flexibility index (Phi) is 4.72. The molecule has 1 aliphatic heterocycles. The van der Waals surface area contributed by atoms with Crippen LogP contribution in [0.1, 0.15) is 29.7 Å². The van der Waals surface area contributed by atoms with Crippen molar-refractivity contribution in [2.24, 2.45) is 0 Å². The minimum atomic E-state index is 0.00387. The topological polar surface area (TPSA) is 32.3 Å². The summed E-state index contributed by atoms with van der Waals surface area (Å²) in [6.45, 7) is 4.29. The van der Waals surface area contributed by atoms with Crippen molar-refractivity contribution in [3.63, 3.8) is 0 Å². The van der Waals surface area contributed by atoms with Crippen molar-refractivity contribution in [1.29, 1.82) is 0 Å². The van der Waals surface area contributed by atoms with Gasteiger partial charge in [0.05, 0.1) is 12.6 Å².